The molecule has 86 valence electrons. The zero-order valence-electron chi connectivity index (χ0n) is 8.32. The molecule has 0 spiro atoms. The summed E-state index contributed by atoms with van der Waals surface area (Å²) in [6, 6.07) is 0.690. The van der Waals surface area contributed by atoms with Crippen LogP contribution < -0.4 is 5.32 Å². The molecule has 2 atom stereocenters. The van der Waals surface area contributed by atoms with Crippen molar-refractivity contribution >= 4 is 24.8 Å². The van der Waals surface area contributed by atoms with Gasteiger partial charge in [0.2, 0.25) is 0 Å². The van der Waals surface area contributed by atoms with E-state index in [1.54, 1.807) is 0 Å². The van der Waals surface area contributed by atoms with E-state index in [0.717, 1.165) is 26.1 Å². The molecule has 2 fully saturated rings. The van der Waals surface area contributed by atoms with Gasteiger partial charge in [0.25, 0.3) is 0 Å². The lowest BCUT2D eigenvalue weighted by molar-refractivity contribution is 0.173. The SMILES string of the molecule is Cl.Cl.OC1CCN(CC2CCCN2)C1. The fourth-order valence-corrected chi connectivity index (χ4v) is 2.20. The summed E-state index contributed by atoms with van der Waals surface area (Å²) in [5, 5.41) is 12.8. The minimum atomic E-state index is -0.0635. The van der Waals surface area contributed by atoms with Crippen LogP contribution in [0.25, 0.3) is 0 Å². The lowest BCUT2D eigenvalue weighted by Crippen LogP contribution is -2.36. The van der Waals surface area contributed by atoms with Crippen molar-refractivity contribution < 1.29 is 5.11 Å². The van der Waals surface area contributed by atoms with E-state index in [9.17, 15) is 5.11 Å². The molecule has 2 aliphatic heterocycles. The number of β-amino-alcohol motifs (C(OH)–C–C–N with tert-alkyl or cyclic N) is 1. The first-order chi connectivity index (χ1) is 5.84. The molecule has 2 heterocycles. The topological polar surface area (TPSA) is 35.5 Å². The van der Waals surface area contributed by atoms with Crippen LogP contribution in [0, 0.1) is 0 Å². The molecule has 2 saturated heterocycles. The first-order valence-electron chi connectivity index (χ1n) is 4.98. The summed E-state index contributed by atoms with van der Waals surface area (Å²) in [5.41, 5.74) is 0. The number of nitrogens with zero attached hydrogens (tertiary/aromatic N) is 1. The molecular weight excluding hydrogens is 223 g/mol. The Morgan fingerprint density at radius 1 is 1.29 bits per heavy atom. The molecule has 0 bridgehead atoms. The van der Waals surface area contributed by atoms with E-state index in [1.807, 2.05) is 0 Å². The van der Waals surface area contributed by atoms with Gasteiger partial charge in [-0.15, -0.1) is 24.8 Å². The minimum absolute atomic E-state index is 0. The number of hydrogen-bond donors (Lipinski definition) is 2. The highest BCUT2D eigenvalue weighted by atomic mass is 35.5. The van der Waals surface area contributed by atoms with E-state index in [2.05, 4.69) is 10.2 Å². The Morgan fingerprint density at radius 3 is 2.57 bits per heavy atom. The smallest absolute Gasteiger partial charge is 0.0679 e. The van der Waals surface area contributed by atoms with E-state index in [-0.39, 0.29) is 30.9 Å². The third-order valence-electron chi connectivity index (χ3n) is 2.89. The fraction of sp³-hybridized carbons (Fsp3) is 1.00. The summed E-state index contributed by atoms with van der Waals surface area (Å²) in [5.74, 6) is 0. The summed E-state index contributed by atoms with van der Waals surface area (Å²) < 4.78 is 0. The number of aliphatic hydroxyl groups is 1. The van der Waals surface area contributed by atoms with Crippen molar-refractivity contribution in [2.75, 3.05) is 26.2 Å². The highest BCUT2D eigenvalue weighted by Crippen LogP contribution is 2.12. The summed E-state index contributed by atoms with van der Waals surface area (Å²) in [6.07, 6.45) is 3.53. The van der Waals surface area contributed by atoms with Crippen LogP contribution in [0.4, 0.5) is 0 Å². The molecule has 5 heteroatoms. The fourth-order valence-electron chi connectivity index (χ4n) is 2.20. The molecule has 0 aliphatic carbocycles. The number of rotatable bonds is 2. The lowest BCUT2D eigenvalue weighted by atomic mass is 10.2. The molecule has 0 aromatic rings. The average molecular weight is 243 g/mol. The maximum absolute atomic E-state index is 9.31. The summed E-state index contributed by atoms with van der Waals surface area (Å²) in [4.78, 5) is 2.37. The zero-order chi connectivity index (χ0) is 8.39. The van der Waals surface area contributed by atoms with Crippen molar-refractivity contribution in [2.24, 2.45) is 0 Å². The largest absolute Gasteiger partial charge is 0.392 e. The molecule has 0 saturated carbocycles. The van der Waals surface area contributed by atoms with Gasteiger partial charge in [0.05, 0.1) is 6.10 Å². The van der Waals surface area contributed by atoms with Gasteiger partial charge < -0.3 is 10.4 Å². The Bertz CT molecular complexity index is 154. The summed E-state index contributed by atoms with van der Waals surface area (Å²) in [6.45, 7) is 4.29. The molecule has 0 aromatic heterocycles. The van der Waals surface area contributed by atoms with Crippen molar-refractivity contribution in [3.63, 3.8) is 0 Å². The molecule has 0 radical (unpaired) electrons. The predicted molar refractivity (Wildman–Crippen MR) is 62.6 cm³/mol. The van der Waals surface area contributed by atoms with Crippen LogP contribution in [0.2, 0.25) is 0 Å². The van der Waals surface area contributed by atoms with Gasteiger partial charge in [0.1, 0.15) is 0 Å². The summed E-state index contributed by atoms with van der Waals surface area (Å²) >= 11 is 0. The second-order valence-electron chi connectivity index (χ2n) is 4.00. The number of nitrogens with one attached hydrogen (secondary N) is 1. The van der Waals surface area contributed by atoms with Gasteiger partial charge in [-0.25, -0.2) is 0 Å². The molecular formula is C9H20Cl2N2O. The first-order valence-corrected chi connectivity index (χ1v) is 4.98. The summed E-state index contributed by atoms with van der Waals surface area (Å²) in [7, 11) is 0. The van der Waals surface area contributed by atoms with Crippen molar-refractivity contribution in [2.45, 2.75) is 31.4 Å². The highest BCUT2D eigenvalue weighted by Gasteiger charge is 2.23. The Hall–Kier alpha value is 0.460. The third kappa shape index (κ3) is 3.91. The molecule has 3 nitrogen and oxygen atoms in total. The number of halogens is 2. The quantitative estimate of drug-likeness (QED) is 0.747. The minimum Gasteiger partial charge on any atom is -0.392 e. The second kappa shape index (κ2) is 6.85. The van der Waals surface area contributed by atoms with Crippen molar-refractivity contribution in [3.05, 3.63) is 0 Å². The monoisotopic (exact) mass is 242 g/mol. The van der Waals surface area contributed by atoms with E-state index < -0.39 is 0 Å². The number of aliphatic hydroxyl groups excluding tert-OH is 1. The number of hydrogen-bond acceptors (Lipinski definition) is 3. The Balaban J connectivity index is 0.000000845. The van der Waals surface area contributed by atoms with Crippen molar-refractivity contribution in [3.8, 4) is 0 Å². The lowest BCUT2D eigenvalue weighted by Gasteiger charge is -2.19. The van der Waals surface area contributed by atoms with Gasteiger partial charge in [0.15, 0.2) is 0 Å². The maximum Gasteiger partial charge on any atom is 0.0679 e. The molecule has 2 aliphatic rings. The van der Waals surface area contributed by atoms with E-state index in [0.29, 0.717) is 6.04 Å². The molecule has 0 amide bonds. The number of likely N-dealkylation sites (tertiary alicyclic amines) is 1. The van der Waals surface area contributed by atoms with Gasteiger partial charge in [-0.2, -0.15) is 0 Å². The van der Waals surface area contributed by atoms with Crippen LogP contribution in [0.1, 0.15) is 19.3 Å². The predicted octanol–water partition coefficient (Wildman–Crippen LogP) is 0.649. The van der Waals surface area contributed by atoms with Crippen LogP contribution in [0.5, 0.6) is 0 Å². The van der Waals surface area contributed by atoms with Crippen LogP contribution >= 0.6 is 24.8 Å². The Morgan fingerprint density at radius 2 is 2.07 bits per heavy atom. The second-order valence-corrected chi connectivity index (χ2v) is 4.00. The van der Waals surface area contributed by atoms with Crippen molar-refractivity contribution in [1.82, 2.24) is 10.2 Å². The van der Waals surface area contributed by atoms with Crippen LogP contribution in [0.3, 0.4) is 0 Å². The van der Waals surface area contributed by atoms with Gasteiger partial charge in [0, 0.05) is 25.7 Å². The van der Waals surface area contributed by atoms with E-state index in [1.165, 1.54) is 19.4 Å². The first kappa shape index (κ1) is 14.5. The Kier molecular flexibility index (Phi) is 7.08. The van der Waals surface area contributed by atoms with Gasteiger partial charge in [-0.3, -0.25) is 4.90 Å². The van der Waals surface area contributed by atoms with Crippen LogP contribution in [0.15, 0.2) is 0 Å². The molecule has 2 N–H and O–H groups in total. The van der Waals surface area contributed by atoms with Gasteiger partial charge in [-0.1, -0.05) is 0 Å². The third-order valence-corrected chi connectivity index (χ3v) is 2.89. The zero-order valence-corrected chi connectivity index (χ0v) is 9.95. The van der Waals surface area contributed by atoms with Gasteiger partial charge in [-0.05, 0) is 25.8 Å². The standard InChI is InChI=1S/C9H18N2O.2ClH/c12-9-3-5-11(7-9)6-8-2-1-4-10-8;;/h8-10,12H,1-7H2;2*1H. The molecule has 0 aromatic carbocycles. The highest BCUT2D eigenvalue weighted by molar-refractivity contribution is 5.85. The van der Waals surface area contributed by atoms with Crippen LogP contribution in [-0.2, 0) is 0 Å². The maximum atomic E-state index is 9.31. The van der Waals surface area contributed by atoms with Crippen molar-refractivity contribution in [1.29, 1.82) is 0 Å². The normalized spacial score (nSPS) is 32.4. The van der Waals surface area contributed by atoms with Crippen LogP contribution in [-0.4, -0.2) is 48.3 Å². The molecule has 2 rings (SSSR count). The van der Waals surface area contributed by atoms with E-state index in [4.69, 9.17) is 0 Å². The Labute approximate surface area is 98.1 Å². The molecule has 14 heavy (non-hydrogen) atoms. The van der Waals surface area contributed by atoms with Gasteiger partial charge >= 0.3 is 0 Å². The van der Waals surface area contributed by atoms with E-state index >= 15 is 0 Å². The molecule has 2 unspecified atom stereocenters. The average Bonchev–Trinajstić information content (AvgIpc) is 2.63.